The minimum absolute atomic E-state index is 0.116. The van der Waals surface area contributed by atoms with Gasteiger partial charge in [0.05, 0.1) is 10.6 Å². The molecule has 0 saturated heterocycles. The number of nitrogens with zero attached hydrogens (tertiary/aromatic N) is 3. The van der Waals surface area contributed by atoms with Gasteiger partial charge in [-0.3, -0.25) is 14.9 Å². The van der Waals surface area contributed by atoms with Crippen LogP contribution in [0.5, 0.6) is 0 Å². The second-order valence-corrected chi connectivity index (χ2v) is 8.70. The van der Waals surface area contributed by atoms with Crippen molar-refractivity contribution >= 4 is 55.5 Å². The van der Waals surface area contributed by atoms with Crippen LogP contribution in [0.1, 0.15) is 33.7 Å². The van der Waals surface area contributed by atoms with Crippen LogP contribution in [0.4, 0.5) is 10.8 Å². The molecule has 30 heavy (non-hydrogen) atoms. The highest BCUT2D eigenvalue weighted by molar-refractivity contribution is 7.21. The fraction of sp³-hybridized carbons (Fsp3) is 0.190. The molecule has 0 spiro atoms. The van der Waals surface area contributed by atoms with Gasteiger partial charge in [0.15, 0.2) is 5.13 Å². The third-order valence-electron chi connectivity index (χ3n) is 4.51. The third kappa shape index (κ3) is 3.94. The van der Waals surface area contributed by atoms with Crippen molar-refractivity contribution in [2.75, 3.05) is 10.6 Å². The quantitative estimate of drug-likeness (QED) is 0.471. The molecule has 3 heterocycles. The van der Waals surface area contributed by atoms with Gasteiger partial charge in [-0.2, -0.15) is 0 Å². The average molecular weight is 438 g/mol. The van der Waals surface area contributed by atoms with E-state index < -0.39 is 0 Å². The van der Waals surface area contributed by atoms with Crippen LogP contribution in [0.3, 0.4) is 0 Å². The van der Waals surface area contributed by atoms with E-state index in [1.807, 2.05) is 50.4 Å². The smallest absolute Gasteiger partial charge is 0.267 e. The van der Waals surface area contributed by atoms with Crippen LogP contribution in [0.25, 0.3) is 21.5 Å². The topological polar surface area (TPSA) is 96.9 Å². The molecular formula is C21H19N5O2S2. The first-order valence-corrected chi connectivity index (χ1v) is 10.9. The predicted molar refractivity (Wildman–Crippen MR) is 121 cm³/mol. The third-order valence-corrected chi connectivity index (χ3v) is 6.46. The molecule has 3 aromatic heterocycles. The van der Waals surface area contributed by atoms with Gasteiger partial charge in [0.25, 0.3) is 5.91 Å². The Bertz CT molecular complexity index is 1270. The van der Waals surface area contributed by atoms with Crippen LogP contribution < -0.4 is 10.6 Å². The highest BCUT2D eigenvalue weighted by atomic mass is 32.1. The van der Waals surface area contributed by atoms with Gasteiger partial charge in [0, 0.05) is 34.6 Å². The largest absolute Gasteiger partial charge is 0.326 e. The summed E-state index contributed by atoms with van der Waals surface area (Å²) < 4.78 is 0. The zero-order valence-electron chi connectivity index (χ0n) is 16.9. The van der Waals surface area contributed by atoms with Gasteiger partial charge >= 0.3 is 0 Å². The molecule has 7 nitrogen and oxygen atoms in total. The summed E-state index contributed by atoms with van der Waals surface area (Å²) in [6.07, 6.45) is 0. The lowest BCUT2D eigenvalue weighted by molar-refractivity contribution is -0.114. The molecule has 9 heteroatoms. The summed E-state index contributed by atoms with van der Waals surface area (Å²) >= 11 is 2.73. The van der Waals surface area contributed by atoms with Crippen LogP contribution in [0.15, 0.2) is 29.6 Å². The summed E-state index contributed by atoms with van der Waals surface area (Å²) in [6, 6.07) is 7.40. The molecule has 0 atom stereocenters. The van der Waals surface area contributed by atoms with E-state index >= 15 is 0 Å². The number of aromatic nitrogens is 3. The van der Waals surface area contributed by atoms with Gasteiger partial charge in [0.1, 0.15) is 10.7 Å². The van der Waals surface area contributed by atoms with Gasteiger partial charge < -0.3 is 5.32 Å². The molecule has 0 bridgehead atoms. The summed E-state index contributed by atoms with van der Waals surface area (Å²) in [4.78, 5) is 38.8. The Balaban J connectivity index is 1.55. The van der Waals surface area contributed by atoms with Gasteiger partial charge in [-0.1, -0.05) is 12.1 Å². The first-order valence-electron chi connectivity index (χ1n) is 9.21. The summed E-state index contributed by atoms with van der Waals surface area (Å²) in [7, 11) is 0. The van der Waals surface area contributed by atoms with Crippen LogP contribution >= 0.6 is 22.7 Å². The van der Waals surface area contributed by atoms with E-state index in [2.05, 4.69) is 25.6 Å². The van der Waals surface area contributed by atoms with Crippen molar-refractivity contribution in [3.05, 3.63) is 51.6 Å². The van der Waals surface area contributed by atoms with Crippen LogP contribution in [-0.2, 0) is 4.79 Å². The number of amides is 2. The van der Waals surface area contributed by atoms with E-state index in [0.717, 1.165) is 38.4 Å². The molecule has 0 radical (unpaired) electrons. The van der Waals surface area contributed by atoms with Crippen LogP contribution in [0.2, 0.25) is 0 Å². The number of hydrogen-bond acceptors (Lipinski definition) is 7. The number of thiophene rings is 1. The van der Waals surface area contributed by atoms with E-state index in [1.165, 1.54) is 29.6 Å². The Morgan fingerprint density at radius 3 is 2.40 bits per heavy atom. The molecule has 152 valence electrons. The first-order chi connectivity index (χ1) is 14.3. The molecule has 2 amide bonds. The lowest BCUT2D eigenvalue weighted by Crippen LogP contribution is -2.11. The fourth-order valence-corrected chi connectivity index (χ4v) is 5.12. The Labute approximate surface area is 181 Å². The number of thiazole rings is 1. The second kappa shape index (κ2) is 7.92. The lowest BCUT2D eigenvalue weighted by Gasteiger charge is -2.03. The van der Waals surface area contributed by atoms with E-state index in [9.17, 15) is 9.59 Å². The Morgan fingerprint density at radius 1 is 0.967 bits per heavy atom. The minimum Gasteiger partial charge on any atom is -0.326 e. The number of nitrogens with one attached hydrogen (secondary N) is 2. The van der Waals surface area contributed by atoms with Crippen molar-refractivity contribution < 1.29 is 9.59 Å². The van der Waals surface area contributed by atoms with Gasteiger partial charge in [-0.25, -0.2) is 15.0 Å². The van der Waals surface area contributed by atoms with E-state index in [1.54, 1.807) is 0 Å². The molecule has 0 fully saturated rings. The number of anilines is 2. The van der Waals surface area contributed by atoms with Crippen molar-refractivity contribution in [1.82, 2.24) is 15.0 Å². The molecule has 0 unspecified atom stereocenters. The summed E-state index contributed by atoms with van der Waals surface area (Å²) in [6.45, 7) is 7.17. The standard InChI is InChI=1S/C21H19N5O2S2/c1-10-17-11(2)22-12(3)23-20(17)30-18(10)19(28)26-21-25-16(9-29-21)14-5-7-15(8-6-14)24-13(4)27/h5-9H,1-4H3,(H,24,27)(H,25,26,28). The summed E-state index contributed by atoms with van der Waals surface area (Å²) in [5, 5.41) is 8.98. The van der Waals surface area contributed by atoms with Crippen molar-refractivity contribution in [1.29, 1.82) is 0 Å². The highest BCUT2D eigenvalue weighted by Crippen LogP contribution is 2.32. The van der Waals surface area contributed by atoms with E-state index in [0.29, 0.717) is 15.8 Å². The highest BCUT2D eigenvalue weighted by Gasteiger charge is 2.19. The number of rotatable bonds is 4. The van der Waals surface area contributed by atoms with Gasteiger partial charge in [-0.15, -0.1) is 22.7 Å². The second-order valence-electron chi connectivity index (χ2n) is 6.84. The fourth-order valence-electron chi connectivity index (χ4n) is 3.24. The summed E-state index contributed by atoms with van der Waals surface area (Å²) in [5.74, 6) is 0.381. The van der Waals surface area contributed by atoms with Crippen molar-refractivity contribution in [2.45, 2.75) is 27.7 Å². The molecule has 4 aromatic rings. The lowest BCUT2D eigenvalue weighted by atomic mass is 10.1. The van der Waals surface area contributed by atoms with Crippen molar-refractivity contribution in [3.8, 4) is 11.3 Å². The minimum atomic E-state index is -0.200. The summed E-state index contributed by atoms with van der Waals surface area (Å²) in [5.41, 5.74) is 4.15. The molecular weight excluding hydrogens is 418 g/mol. The average Bonchev–Trinajstić information content (AvgIpc) is 3.26. The van der Waals surface area contributed by atoms with Crippen LogP contribution in [-0.4, -0.2) is 26.8 Å². The zero-order chi connectivity index (χ0) is 21.4. The maximum Gasteiger partial charge on any atom is 0.267 e. The molecule has 0 aliphatic heterocycles. The maximum atomic E-state index is 12.9. The molecule has 0 aliphatic rings. The Morgan fingerprint density at radius 2 is 1.70 bits per heavy atom. The molecule has 1 aromatic carbocycles. The number of benzene rings is 1. The van der Waals surface area contributed by atoms with E-state index in [4.69, 9.17) is 0 Å². The zero-order valence-corrected chi connectivity index (χ0v) is 18.5. The first kappa shape index (κ1) is 20.1. The van der Waals surface area contributed by atoms with Gasteiger partial charge in [0.2, 0.25) is 5.91 Å². The Kier molecular flexibility index (Phi) is 5.31. The maximum absolute atomic E-state index is 12.9. The number of fused-ring (bicyclic) bond motifs is 1. The number of carbonyl (C=O) groups excluding carboxylic acids is 2. The predicted octanol–water partition coefficient (Wildman–Crippen LogP) is 4.95. The molecule has 2 N–H and O–H groups in total. The SMILES string of the molecule is CC(=O)Nc1ccc(-c2csc(NC(=O)c3sc4nc(C)nc(C)c4c3C)n2)cc1. The van der Waals surface area contributed by atoms with Crippen molar-refractivity contribution in [2.24, 2.45) is 0 Å². The number of carbonyl (C=O) groups is 2. The van der Waals surface area contributed by atoms with Crippen LogP contribution in [0, 0.1) is 20.8 Å². The van der Waals surface area contributed by atoms with Gasteiger partial charge in [-0.05, 0) is 38.5 Å². The molecule has 0 saturated carbocycles. The number of aryl methyl sites for hydroxylation is 3. The monoisotopic (exact) mass is 437 g/mol. The molecule has 0 aliphatic carbocycles. The molecule has 4 rings (SSSR count). The van der Waals surface area contributed by atoms with E-state index in [-0.39, 0.29) is 11.8 Å². The normalized spacial score (nSPS) is 10.9. The van der Waals surface area contributed by atoms with Crippen molar-refractivity contribution in [3.63, 3.8) is 0 Å². The Hall–Kier alpha value is -3.17. The number of hydrogen-bond donors (Lipinski definition) is 2.